The van der Waals surface area contributed by atoms with Gasteiger partial charge in [-0.05, 0) is 32.3 Å². The van der Waals surface area contributed by atoms with E-state index >= 15 is 0 Å². The topological polar surface area (TPSA) is 44.9 Å². The number of amidine groups is 1. The maximum absolute atomic E-state index is 5.83. The largest absolute Gasteiger partial charge is 0.325 e. The van der Waals surface area contributed by atoms with Crippen LogP contribution in [0.15, 0.2) is 39.2 Å². The first kappa shape index (κ1) is 21.0. The van der Waals surface area contributed by atoms with Gasteiger partial charge in [-0.3, -0.25) is 10.8 Å². The van der Waals surface area contributed by atoms with Gasteiger partial charge in [-0.1, -0.05) is 51.1 Å². The molecule has 0 aromatic carbocycles. The van der Waals surface area contributed by atoms with Crippen LogP contribution in [0, 0.1) is 5.92 Å². The van der Waals surface area contributed by atoms with Crippen molar-refractivity contribution in [2.75, 3.05) is 26.7 Å². The van der Waals surface area contributed by atoms with Crippen molar-refractivity contribution in [1.82, 2.24) is 9.91 Å². The number of hydrogen-bond acceptors (Lipinski definition) is 4. The Morgan fingerprint density at radius 2 is 2.12 bits per heavy atom. The van der Waals surface area contributed by atoms with Gasteiger partial charge in [-0.2, -0.15) is 0 Å². The van der Waals surface area contributed by atoms with Gasteiger partial charge >= 0.3 is 0 Å². The molecule has 2 N–H and O–H groups in total. The van der Waals surface area contributed by atoms with Crippen molar-refractivity contribution in [3.8, 4) is 0 Å². The van der Waals surface area contributed by atoms with Crippen LogP contribution in [0.3, 0.4) is 0 Å². The Morgan fingerprint density at radius 1 is 1.42 bits per heavy atom. The van der Waals surface area contributed by atoms with Crippen LogP contribution >= 0.6 is 11.8 Å². The number of hydrogen-bond donors (Lipinski definition) is 1. The molecule has 0 saturated carbocycles. The molecule has 0 bridgehead atoms. The monoisotopic (exact) mass is 350 g/mol. The summed E-state index contributed by atoms with van der Waals surface area (Å²) in [6.45, 7) is 15.5. The van der Waals surface area contributed by atoms with E-state index in [-0.39, 0.29) is 0 Å². The molecule has 0 spiro atoms. The van der Waals surface area contributed by atoms with Gasteiger partial charge in [0.2, 0.25) is 0 Å². The lowest BCUT2D eigenvalue weighted by Crippen LogP contribution is -2.40. The van der Waals surface area contributed by atoms with Crippen molar-refractivity contribution in [2.45, 2.75) is 47.0 Å². The van der Waals surface area contributed by atoms with Gasteiger partial charge in [0.1, 0.15) is 5.84 Å². The van der Waals surface area contributed by atoms with Gasteiger partial charge in [0.05, 0.1) is 5.70 Å². The van der Waals surface area contributed by atoms with Gasteiger partial charge < -0.3 is 4.90 Å². The van der Waals surface area contributed by atoms with E-state index in [4.69, 9.17) is 10.8 Å². The van der Waals surface area contributed by atoms with E-state index in [1.165, 1.54) is 23.4 Å². The van der Waals surface area contributed by atoms with Crippen LogP contribution < -0.4 is 5.84 Å². The molecule has 0 saturated heterocycles. The highest BCUT2D eigenvalue weighted by Gasteiger charge is 2.26. The SMILES string of the molecule is C=C1SC(C)=C(/C=C\C)N(CC(C)CN(C)N)C1=NCCCCC. The zero-order valence-corrected chi connectivity index (χ0v) is 16.8. The molecule has 0 aromatic rings. The number of nitrogens with zero attached hydrogens (tertiary/aromatic N) is 3. The van der Waals surface area contributed by atoms with E-state index in [0.717, 1.165) is 36.8 Å². The summed E-state index contributed by atoms with van der Waals surface area (Å²) in [5.41, 5.74) is 1.23. The molecule has 0 aromatic heterocycles. The first-order valence-electron chi connectivity index (χ1n) is 8.89. The van der Waals surface area contributed by atoms with Crippen molar-refractivity contribution in [1.29, 1.82) is 0 Å². The second-order valence-corrected chi connectivity index (χ2v) is 7.84. The third kappa shape index (κ3) is 6.46. The van der Waals surface area contributed by atoms with Crippen molar-refractivity contribution in [2.24, 2.45) is 16.8 Å². The van der Waals surface area contributed by atoms with Crippen LogP contribution in [0.25, 0.3) is 0 Å². The zero-order valence-electron chi connectivity index (χ0n) is 16.0. The third-order valence-electron chi connectivity index (χ3n) is 3.87. The Kier molecular flexibility index (Phi) is 9.41. The first-order chi connectivity index (χ1) is 11.4. The fourth-order valence-electron chi connectivity index (χ4n) is 2.87. The van der Waals surface area contributed by atoms with Gasteiger partial charge in [-0.25, -0.2) is 5.01 Å². The number of rotatable bonds is 9. The number of unbranched alkanes of at least 4 members (excludes halogenated alkanes) is 2. The number of nitrogens with two attached hydrogens (primary N) is 1. The van der Waals surface area contributed by atoms with E-state index in [1.54, 1.807) is 16.8 Å². The Bertz CT molecular complexity index is 505. The Balaban J connectivity index is 3.05. The van der Waals surface area contributed by atoms with Crippen LogP contribution in [0.2, 0.25) is 0 Å². The predicted molar refractivity (Wildman–Crippen MR) is 109 cm³/mol. The van der Waals surface area contributed by atoms with Crippen molar-refractivity contribution in [3.63, 3.8) is 0 Å². The van der Waals surface area contributed by atoms with Crippen LogP contribution in [0.1, 0.15) is 47.0 Å². The Hall–Kier alpha value is -1.04. The highest BCUT2D eigenvalue weighted by molar-refractivity contribution is 8.07. The molecule has 0 aliphatic carbocycles. The van der Waals surface area contributed by atoms with E-state index in [1.807, 2.05) is 7.05 Å². The number of thioether (sulfide) groups is 1. The second kappa shape index (κ2) is 10.7. The summed E-state index contributed by atoms with van der Waals surface area (Å²) in [6, 6.07) is 0. The summed E-state index contributed by atoms with van der Waals surface area (Å²) in [7, 11) is 1.91. The standard InChI is InChI=1S/C19H34N4S/c1-7-9-10-12-21-19-17(5)24-16(4)18(11-8-2)23(19)14-15(3)13-22(6)20/h8,11,15H,5,7,9-10,12-14,20H2,1-4,6H3/b11-8-,21-19?. The van der Waals surface area contributed by atoms with Gasteiger partial charge in [0.15, 0.2) is 0 Å². The molecule has 5 heteroatoms. The van der Waals surface area contributed by atoms with E-state index in [0.29, 0.717) is 5.92 Å². The third-order valence-corrected chi connectivity index (χ3v) is 4.82. The molecular weight excluding hydrogens is 316 g/mol. The quantitative estimate of drug-likeness (QED) is 0.381. The lowest BCUT2D eigenvalue weighted by molar-refractivity contribution is 0.270. The fourth-order valence-corrected chi connectivity index (χ4v) is 3.79. The van der Waals surface area contributed by atoms with Crippen molar-refractivity contribution < 1.29 is 0 Å². The average molecular weight is 351 g/mol. The molecule has 1 atom stereocenters. The van der Waals surface area contributed by atoms with Crippen LogP contribution in [-0.4, -0.2) is 42.4 Å². The summed E-state index contributed by atoms with van der Waals surface area (Å²) in [6.07, 6.45) is 7.84. The summed E-state index contributed by atoms with van der Waals surface area (Å²) in [4.78, 5) is 9.54. The molecule has 1 heterocycles. The number of hydrazine groups is 1. The molecular formula is C19H34N4S. The molecule has 24 heavy (non-hydrogen) atoms. The summed E-state index contributed by atoms with van der Waals surface area (Å²) in [5, 5.41) is 1.75. The minimum atomic E-state index is 0.435. The normalized spacial score (nSPS) is 19.2. The second-order valence-electron chi connectivity index (χ2n) is 6.53. The minimum absolute atomic E-state index is 0.435. The van der Waals surface area contributed by atoms with Gasteiger partial charge in [0, 0.05) is 36.5 Å². The molecule has 1 unspecified atom stereocenters. The fraction of sp³-hybridized carbons (Fsp3) is 0.632. The van der Waals surface area contributed by atoms with E-state index in [2.05, 4.69) is 51.3 Å². The first-order valence-corrected chi connectivity index (χ1v) is 9.70. The maximum atomic E-state index is 5.83. The summed E-state index contributed by atoms with van der Waals surface area (Å²) in [5.74, 6) is 7.30. The smallest absolute Gasteiger partial charge is 0.141 e. The molecule has 4 nitrogen and oxygen atoms in total. The predicted octanol–water partition coefficient (Wildman–Crippen LogP) is 4.39. The van der Waals surface area contributed by atoms with Gasteiger partial charge in [0.25, 0.3) is 0 Å². The molecule has 0 amide bonds. The summed E-state index contributed by atoms with van der Waals surface area (Å²) < 4.78 is 0. The lowest BCUT2D eigenvalue weighted by Gasteiger charge is -2.35. The maximum Gasteiger partial charge on any atom is 0.141 e. The highest BCUT2D eigenvalue weighted by atomic mass is 32.2. The van der Waals surface area contributed by atoms with Crippen LogP contribution in [0.4, 0.5) is 0 Å². The van der Waals surface area contributed by atoms with Crippen LogP contribution in [-0.2, 0) is 0 Å². The number of aliphatic imine (C=N–C) groups is 1. The number of allylic oxidation sites excluding steroid dienone is 3. The lowest BCUT2D eigenvalue weighted by atomic mass is 10.1. The van der Waals surface area contributed by atoms with E-state index < -0.39 is 0 Å². The highest BCUT2D eigenvalue weighted by Crippen LogP contribution is 2.37. The Labute approximate surface area is 152 Å². The van der Waals surface area contributed by atoms with Crippen LogP contribution in [0.5, 0.6) is 0 Å². The molecule has 0 radical (unpaired) electrons. The molecule has 1 rings (SSSR count). The average Bonchev–Trinajstić information content (AvgIpc) is 2.49. The zero-order chi connectivity index (χ0) is 18.1. The van der Waals surface area contributed by atoms with Crippen molar-refractivity contribution in [3.05, 3.63) is 34.2 Å². The summed E-state index contributed by atoms with van der Waals surface area (Å²) >= 11 is 1.73. The molecule has 1 aliphatic heterocycles. The molecule has 1 aliphatic rings. The Morgan fingerprint density at radius 3 is 2.71 bits per heavy atom. The minimum Gasteiger partial charge on any atom is -0.325 e. The van der Waals surface area contributed by atoms with Crippen molar-refractivity contribution >= 4 is 17.6 Å². The molecule has 136 valence electrons. The molecule has 0 fully saturated rings. The van der Waals surface area contributed by atoms with E-state index in [9.17, 15) is 0 Å². The van der Waals surface area contributed by atoms with Gasteiger partial charge in [-0.15, -0.1) is 0 Å².